The van der Waals surface area contributed by atoms with Crippen LogP contribution in [0.25, 0.3) is 0 Å². The maximum atomic E-state index is 12.5. The Morgan fingerprint density at radius 3 is 2.59 bits per heavy atom. The molecule has 0 saturated heterocycles. The molecule has 0 aromatic heterocycles. The van der Waals surface area contributed by atoms with Crippen molar-refractivity contribution in [3.63, 3.8) is 0 Å². The van der Waals surface area contributed by atoms with Crippen molar-refractivity contribution in [3.05, 3.63) is 85.8 Å². The minimum atomic E-state index is -0.389. The van der Waals surface area contributed by atoms with E-state index in [4.69, 9.17) is 9.47 Å². The molecule has 0 spiro atoms. The lowest BCUT2D eigenvalue weighted by Crippen LogP contribution is -2.21. The Balaban J connectivity index is 1.69. The highest BCUT2D eigenvalue weighted by atomic mass is 79.9. The highest BCUT2D eigenvalue weighted by molar-refractivity contribution is 9.11. The first kappa shape index (κ1) is 25.5. The van der Waals surface area contributed by atoms with Gasteiger partial charge in [-0.2, -0.15) is 5.10 Å². The molecule has 3 aromatic rings. The lowest BCUT2D eigenvalue weighted by atomic mass is 10.1. The molecule has 2 amide bonds. The molecule has 3 aromatic carbocycles. The van der Waals surface area contributed by atoms with Crippen LogP contribution in [-0.4, -0.2) is 31.7 Å². The smallest absolute Gasteiger partial charge is 0.271 e. The molecule has 0 aliphatic heterocycles. The molecule has 34 heavy (non-hydrogen) atoms. The van der Waals surface area contributed by atoms with Crippen LogP contribution in [0.3, 0.4) is 0 Å². The SMILES string of the molecule is COc1cccc(C(=O)N/N=C/c2cc(Br)cc(Br)c2OCC(=O)Nc2cccc(C)c2C)c1. The van der Waals surface area contributed by atoms with Crippen LogP contribution in [0.5, 0.6) is 11.5 Å². The fourth-order valence-corrected chi connectivity index (χ4v) is 4.40. The summed E-state index contributed by atoms with van der Waals surface area (Å²) in [5.74, 6) is 0.304. The number of amides is 2. The van der Waals surface area contributed by atoms with Crippen molar-refractivity contribution in [2.45, 2.75) is 13.8 Å². The number of hydrogen-bond acceptors (Lipinski definition) is 5. The van der Waals surface area contributed by atoms with Gasteiger partial charge in [-0.25, -0.2) is 5.43 Å². The average molecular weight is 589 g/mol. The molecular formula is C25H23Br2N3O4. The van der Waals surface area contributed by atoms with Crippen molar-refractivity contribution >= 4 is 55.6 Å². The molecule has 0 heterocycles. The highest BCUT2D eigenvalue weighted by Crippen LogP contribution is 2.32. The molecule has 2 N–H and O–H groups in total. The van der Waals surface area contributed by atoms with Crippen LogP contribution in [0.15, 0.2) is 68.6 Å². The van der Waals surface area contributed by atoms with E-state index in [0.717, 1.165) is 21.3 Å². The van der Waals surface area contributed by atoms with E-state index in [1.165, 1.54) is 13.3 Å². The average Bonchev–Trinajstić information content (AvgIpc) is 2.81. The van der Waals surface area contributed by atoms with Crippen LogP contribution in [0.1, 0.15) is 27.0 Å². The maximum Gasteiger partial charge on any atom is 0.271 e. The molecule has 0 unspecified atom stereocenters. The third-order valence-electron chi connectivity index (χ3n) is 4.97. The Morgan fingerprint density at radius 1 is 1.06 bits per heavy atom. The molecule has 0 radical (unpaired) electrons. The van der Waals surface area contributed by atoms with E-state index in [1.807, 2.05) is 32.0 Å². The van der Waals surface area contributed by atoms with E-state index in [9.17, 15) is 9.59 Å². The number of aryl methyl sites for hydroxylation is 1. The van der Waals surface area contributed by atoms with Gasteiger partial charge in [0.1, 0.15) is 11.5 Å². The van der Waals surface area contributed by atoms with Crippen molar-refractivity contribution in [1.29, 1.82) is 0 Å². The quantitative estimate of drug-likeness (QED) is 0.264. The van der Waals surface area contributed by atoms with Gasteiger partial charge in [-0.3, -0.25) is 9.59 Å². The van der Waals surface area contributed by atoms with Crippen molar-refractivity contribution in [2.24, 2.45) is 5.10 Å². The van der Waals surface area contributed by atoms with Crippen LogP contribution < -0.4 is 20.2 Å². The van der Waals surface area contributed by atoms with Gasteiger partial charge in [0.2, 0.25) is 0 Å². The number of carbonyl (C=O) groups is 2. The number of anilines is 1. The molecule has 0 atom stereocenters. The van der Waals surface area contributed by atoms with Crippen LogP contribution in [-0.2, 0) is 4.79 Å². The monoisotopic (exact) mass is 587 g/mol. The van der Waals surface area contributed by atoms with Gasteiger partial charge in [-0.1, -0.05) is 34.1 Å². The van der Waals surface area contributed by atoms with E-state index >= 15 is 0 Å². The van der Waals surface area contributed by atoms with Gasteiger partial charge < -0.3 is 14.8 Å². The van der Waals surface area contributed by atoms with Crippen LogP contribution in [0.4, 0.5) is 5.69 Å². The zero-order valence-corrected chi connectivity index (χ0v) is 22.0. The minimum Gasteiger partial charge on any atom is -0.497 e. The molecule has 0 saturated carbocycles. The molecule has 0 bridgehead atoms. The summed E-state index contributed by atoms with van der Waals surface area (Å²) in [5, 5.41) is 6.91. The van der Waals surface area contributed by atoms with Gasteiger partial charge >= 0.3 is 0 Å². The molecule has 7 nitrogen and oxygen atoms in total. The first-order chi connectivity index (χ1) is 16.3. The maximum absolute atomic E-state index is 12.5. The lowest BCUT2D eigenvalue weighted by molar-refractivity contribution is -0.118. The Kier molecular flexibility index (Phi) is 8.84. The van der Waals surface area contributed by atoms with E-state index < -0.39 is 0 Å². The van der Waals surface area contributed by atoms with Gasteiger partial charge in [0.05, 0.1) is 17.8 Å². The van der Waals surface area contributed by atoms with E-state index in [1.54, 1.807) is 36.4 Å². The summed E-state index contributed by atoms with van der Waals surface area (Å²) in [5.41, 5.74) is 6.28. The van der Waals surface area contributed by atoms with Crippen molar-refractivity contribution < 1.29 is 19.1 Å². The first-order valence-corrected chi connectivity index (χ1v) is 11.8. The summed E-state index contributed by atoms with van der Waals surface area (Å²) >= 11 is 6.89. The Morgan fingerprint density at radius 2 is 1.82 bits per heavy atom. The number of benzene rings is 3. The van der Waals surface area contributed by atoms with Crippen LogP contribution >= 0.6 is 31.9 Å². The van der Waals surface area contributed by atoms with Crippen LogP contribution in [0, 0.1) is 13.8 Å². The predicted octanol–water partition coefficient (Wildman–Crippen LogP) is 5.62. The van der Waals surface area contributed by atoms with Gasteiger partial charge in [0.15, 0.2) is 6.61 Å². The first-order valence-electron chi connectivity index (χ1n) is 10.2. The van der Waals surface area contributed by atoms with E-state index in [-0.39, 0.29) is 18.4 Å². The predicted molar refractivity (Wildman–Crippen MR) is 140 cm³/mol. The highest BCUT2D eigenvalue weighted by Gasteiger charge is 2.13. The third-order valence-corrected chi connectivity index (χ3v) is 6.01. The fraction of sp³-hybridized carbons (Fsp3) is 0.160. The Bertz CT molecular complexity index is 1240. The Hall–Kier alpha value is -3.17. The topological polar surface area (TPSA) is 89.0 Å². The number of hydrazone groups is 1. The molecule has 0 fully saturated rings. The number of nitrogens with one attached hydrogen (secondary N) is 2. The second-order valence-electron chi connectivity index (χ2n) is 7.32. The lowest BCUT2D eigenvalue weighted by Gasteiger charge is -2.13. The molecule has 9 heteroatoms. The number of halogens is 2. The molecular weight excluding hydrogens is 566 g/mol. The summed E-state index contributed by atoms with van der Waals surface area (Å²) in [4.78, 5) is 24.9. The van der Waals surface area contributed by atoms with Gasteiger partial charge in [0, 0.05) is 21.3 Å². The largest absolute Gasteiger partial charge is 0.497 e. The number of nitrogens with zero attached hydrogens (tertiary/aromatic N) is 1. The normalized spacial score (nSPS) is 10.7. The number of ether oxygens (including phenoxy) is 2. The van der Waals surface area contributed by atoms with E-state index in [2.05, 4.69) is 47.7 Å². The molecule has 0 aliphatic carbocycles. The summed E-state index contributed by atoms with van der Waals surface area (Å²) in [6, 6.07) is 16.0. The van der Waals surface area contributed by atoms with Gasteiger partial charge in [-0.15, -0.1) is 0 Å². The summed E-state index contributed by atoms with van der Waals surface area (Å²) in [6.45, 7) is 3.73. The number of hydrogen-bond donors (Lipinski definition) is 2. The van der Waals surface area contributed by atoms with Gasteiger partial charge in [-0.05, 0) is 77.3 Å². The minimum absolute atomic E-state index is 0.204. The molecule has 0 aliphatic rings. The molecule has 176 valence electrons. The van der Waals surface area contributed by atoms with Gasteiger partial charge in [0.25, 0.3) is 11.8 Å². The second-order valence-corrected chi connectivity index (χ2v) is 9.09. The summed E-state index contributed by atoms with van der Waals surface area (Å²) in [6.07, 6.45) is 1.45. The fourth-order valence-electron chi connectivity index (χ4n) is 3.03. The van der Waals surface area contributed by atoms with Crippen LogP contribution in [0.2, 0.25) is 0 Å². The summed E-state index contributed by atoms with van der Waals surface area (Å²) in [7, 11) is 1.53. The van der Waals surface area contributed by atoms with Crippen molar-refractivity contribution in [1.82, 2.24) is 5.43 Å². The Labute approximate surface area is 214 Å². The molecule has 3 rings (SSSR count). The second kappa shape index (κ2) is 11.8. The number of carbonyl (C=O) groups excluding carboxylic acids is 2. The van der Waals surface area contributed by atoms with E-state index in [0.29, 0.717) is 27.1 Å². The van der Waals surface area contributed by atoms with Crippen molar-refractivity contribution in [2.75, 3.05) is 19.0 Å². The standard InChI is InChI=1S/C25H23Br2N3O4/c1-15-6-4-9-22(16(15)2)29-23(31)14-34-24-18(10-19(26)12-21(24)27)13-28-30-25(32)17-7-5-8-20(11-17)33-3/h4-13H,14H2,1-3H3,(H,29,31)(H,30,32)/b28-13+. The zero-order chi connectivity index (χ0) is 24.7. The third kappa shape index (κ3) is 6.68. The summed E-state index contributed by atoms with van der Waals surface area (Å²) < 4.78 is 12.3. The van der Waals surface area contributed by atoms with Crippen molar-refractivity contribution in [3.8, 4) is 11.5 Å². The number of rotatable bonds is 8. The number of methoxy groups -OCH3 is 1. The zero-order valence-electron chi connectivity index (χ0n) is 18.8.